The third kappa shape index (κ3) is 3.42. The predicted molar refractivity (Wildman–Crippen MR) is 105 cm³/mol. The van der Waals surface area contributed by atoms with Gasteiger partial charge in [-0.05, 0) is 60.3 Å². The van der Waals surface area contributed by atoms with Crippen LogP contribution in [0.3, 0.4) is 0 Å². The van der Waals surface area contributed by atoms with Crippen molar-refractivity contribution in [2.24, 2.45) is 23.0 Å². The van der Waals surface area contributed by atoms with Crippen LogP contribution in [-0.2, 0) is 14.9 Å². The van der Waals surface area contributed by atoms with E-state index >= 15 is 0 Å². The Kier molecular flexibility index (Phi) is 5.14. The molecule has 4 fully saturated rings. The number of ether oxygens (including phenoxy) is 1. The van der Waals surface area contributed by atoms with Gasteiger partial charge in [0.05, 0.1) is 18.1 Å². The zero-order valence-electron chi connectivity index (χ0n) is 16.2. The maximum Gasteiger partial charge on any atom is 0.269 e. The van der Waals surface area contributed by atoms with E-state index in [1.807, 2.05) is 12.1 Å². The summed E-state index contributed by atoms with van der Waals surface area (Å²) in [5.74, 6) is 1.37. The summed E-state index contributed by atoms with van der Waals surface area (Å²) in [6, 6.07) is 7.12. The molecule has 1 amide bonds. The minimum absolute atomic E-state index is 0.0888. The van der Waals surface area contributed by atoms with Crippen LogP contribution in [0.2, 0.25) is 0 Å². The van der Waals surface area contributed by atoms with Crippen molar-refractivity contribution in [3.8, 4) is 0 Å². The molecule has 4 atom stereocenters. The van der Waals surface area contributed by atoms with E-state index in [-0.39, 0.29) is 27.3 Å². The Morgan fingerprint density at radius 3 is 2.75 bits per heavy atom. The van der Waals surface area contributed by atoms with Crippen LogP contribution in [-0.4, -0.2) is 37.1 Å². The molecule has 7 heteroatoms. The molecule has 0 aromatic heterocycles. The first kappa shape index (κ1) is 19.3. The van der Waals surface area contributed by atoms with Crippen molar-refractivity contribution >= 4 is 11.6 Å². The third-order valence-electron chi connectivity index (χ3n) is 7.22. The summed E-state index contributed by atoms with van der Waals surface area (Å²) in [4.78, 5) is 23.2. The summed E-state index contributed by atoms with van der Waals surface area (Å²) in [5.41, 5.74) is 6.92. The summed E-state index contributed by atoms with van der Waals surface area (Å²) >= 11 is 0. The maximum absolute atomic E-state index is 12.6. The largest absolute Gasteiger partial charge is 0.378 e. The van der Waals surface area contributed by atoms with Gasteiger partial charge in [-0.25, -0.2) is 0 Å². The van der Waals surface area contributed by atoms with E-state index in [4.69, 9.17) is 10.5 Å². The first-order valence-corrected chi connectivity index (χ1v) is 10.3. The van der Waals surface area contributed by atoms with E-state index in [9.17, 15) is 14.9 Å². The molecule has 4 aliphatic rings. The molecule has 0 heterocycles. The normalized spacial score (nSPS) is 32.6. The van der Waals surface area contributed by atoms with Gasteiger partial charge in [0.25, 0.3) is 5.69 Å². The molecule has 3 N–H and O–H groups in total. The highest BCUT2D eigenvalue weighted by molar-refractivity contribution is 5.77. The Balaban J connectivity index is 1.43. The number of carbonyl (C=O) groups excluding carboxylic acids is 1. The van der Waals surface area contributed by atoms with Gasteiger partial charge in [-0.15, -0.1) is 0 Å². The minimum atomic E-state index is -0.347. The average Bonchev–Trinajstić information content (AvgIpc) is 3.03. The third-order valence-corrected chi connectivity index (χ3v) is 7.22. The van der Waals surface area contributed by atoms with Gasteiger partial charge in [-0.3, -0.25) is 14.9 Å². The van der Waals surface area contributed by atoms with Gasteiger partial charge in [-0.2, -0.15) is 0 Å². The second-order valence-corrected chi connectivity index (χ2v) is 8.96. The molecule has 5 rings (SSSR count). The highest BCUT2D eigenvalue weighted by atomic mass is 16.6. The Morgan fingerprint density at radius 2 is 2.04 bits per heavy atom. The van der Waals surface area contributed by atoms with Crippen LogP contribution in [0, 0.1) is 27.4 Å². The molecule has 4 aliphatic carbocycles. The van der Waals surface area contributed by atoms with Crippen LogP contribution in [0.25, 0.3) is 0 Å². The van der Waals surface area contributed by atoms with Crippen LogP contribution in [0.5, 0.6) is 0 Å². The molecule has 1 aromatic carbocycles. The van der Waals surface area contributed by atoms with Crippen molar-refractivity contribution in [3.63, 3.8) is 0 Å². The van der Waals surface area contributed by atoms with Gasteiger partial charge in [0.2, 0.25) is 5.91 Å². The Bertz CT molecular complexity index is 753. The number of amides is 1. The number of nitro benzene ring substituents is 1. The highest BCUT2D eigenvalue weighted by Crippen LogP contribution is 2.71. The zero-order valence-corrected chi connectivity index (χ0v) is 16.2. The average molecular weight is 387 g/mol. The zero-order chi connectivity index (χ0) is 19.8. The lowest BCUT2D eigenvalue weighted by atomic mass is 9.63. The summed E-state index contributed by atoms with van der Waals surface area (Å²) in [5, 5.41) is 14.0. The Hall–Kier alpha value is -1.99. The number of nitrogens with one attached hydrogen (secondary N) is 1. The second kappa shape index (κ2) is 7.44. The number of hydrogen-bond donors (Lipinski definition) is 2. The number of carbonyl (C=O) groups is 1. The van der Waals surface area contributed by atoms with Gasteiger partial charge < -0.3 is 15.8 Å². The molecule has 0 saturated heterocycles. The monoisotopic (exact) mass is 387 g/mol. The molecular formula is C21H29N3O4. The number of nitro groups is 1. The number of rotatable bonds is 9. The molecule has 28 heavy (non-hydrogen) atoms. The molecule has 1 aromatic rings. The molecule has 0 aliphatic heterocycles. The van der Waals surface area contributed by atoms with Gasteiger partial charge in [0.1, 0.15) is 0 Å². The van der Waals surface area contributed by atoms with Crippen molar-refractivity contribution in [2.75, 3.05) is 26.3 Å². The van der Waals surface area contributed by atoms with Gasteiger partial charge >= 0.3 is 0 Å². The SMILES string of the molecule is NCCOCCNC(=O)CC12CC3CC1CC(c1ccc([N+](=O)[O-])cc1)(C3)C2. The highest BCUT2D eigenvalue weighted by Gasteiger charge is 2.64. The fraction of sp³-hybridized carbons (Fsp3) is 0.667. The fourth-order valence-corrected chi connectivity index (χ4v) is 6.46. The lowest BCUT2D eigenvalue weighted by Gasteiger charge is -2.41. The van der Waals surface area contributed by atoms with Gasteiger partial charge in [0.15, 0.2) is 0 Å². The lowest BCUT2D eigenvalue weighted by Crippen LogP contribution is -2.37. The van der Waals surface area contributed by atoms with Crippen LogP contribution >= 0.6 is 0 Å². The molecule has 0 radical (unpaired) electrons. The Labute approximate surface area is 165 Å². The van der Waals surface area contributed by atoms with E-state index in [2.05, 4.69) is 5.32 Å². The first-order valence-electron chi connectivity index (χ1n) is 10.3. The van der Waals surface area contributed by atoms with Crippen LogP contribution < -0.4 is 11.1 Å². The molecule has 4 saturated carbocycles. The summed E-state index contributed by atoms with van der Waals surface area (Å²) in [6.45, 7) is 2.03. The second-order valence-electron chi connectivity index (χ2n) is 8.96. The number of nitrogens with two attached hydrogens (primary N) is 1. The van der Waals surface area contributed by atoms with Crippen LogP contribution in [0.4, 0.5) is 5.69 Å². The smallest absolute Gasteiger partial charge is 0.269 e. The summed E-state index contributed by atoms with van der Waals surface area (Å²) in [6.07, 6.45) is 6.23. The van der Waals surface area contributed by atoms with E-state index in [1.54, 1.807) is 12.1 Å². The minimum Gasteiger partial charge on any atom is -0.378 e. The molecule has 7 nitrogen and oxygen atoms in total. The number of benzene rings is 1. The van der Waals surface area contributed by atoms with Gasteiger partial charge in [0, 0.05) is 31.6 Å². The van der Waals surface area contributed by atoms with Crippen molar-refractivity contribution < 1.29 is 14.5 Å². The maximum atomic E-state index is 12.6. The molecule has 4 bridgehead atoms. The standard InChI is InChI=1S/C21H29N3O4/c22-5-7-28-8-6-23-19(25)13-21-11-15-9-17(21)12-20(10-15,14-21)16-1-3-18(4-2-16)24(26)27/h1-4,15,17H,5-14,22H2,(H,23,25). The van der Waals surface area contributed by atoms with Crippen molar-refractivity contribution in [1.29, 1.82) is 0 Å². The topological polar surface area (TPSA) is 107 Å². The summed E-state index contributed by atoms with van der Waals surface area (Å²) < 4.78 is 5.32. The van der Waals surface area contributed by atoms with E-state index < -0.39 is 0 Å². The van der Waals surface area contributed by atoms with Crippen molar-refractivity contribution in [1.82, 2.24) is 5.32 Å². The first-order chi connectivity index (χ1) is 13.5. The summed E-state index contributed by atoms with van der Waals surface area (Å²) in [7, 11) is 0. The number of non-ortho nitro benzene ring substituents is 1. The quantitative estimate of drug-likeness (QED) is 0.385. The van der Waals surface area contributed by atoms with Gasteiger partial charge in [-0.1, -0.05) is 12.1 Å². The fourth-order valence-electron chi connectivity index (χ4n) is 6.46. The lowest BCUT2D eigenvalue weighted by molar-refractivity contribution is -0.384. The number of hydrogen-bond acceptors (Lipinski definition) is 5. The van der Waals surface area contributed by atoms with Crippen molar-refractivity contribution in [3.05, 3.63) is 39.9 Å². The van der Waals surface area contributed by atoms with Crippen molar-refractivity contribution in [2.45, 2.75) is 43.9 Å². The molecule has 4 unspecified atom stereocenters. The molecular weight excluding hydrogens is 358 g/mol. The van der Waals surface area contributed by atoms with E-state index in [1.165, 1.54) is 12.0 Å². The molecule has 152 valence electrons. The Morgan fingerprint density at radius 1 is 1.25 bits per heavy atom. The van der Waals surface area contributed by atoms with E-state index in [0.717, 1.165) is 25.7 Å². The van der Waals surface area contributed by atoms with Crippen LogP contribution in [0.1, 0.15) is 44.1 Å². The van der Waals surface area contributed by atoms with Crippen LogP contribution in [0.15, 0.2) is 24.3 Å². The van der Waals surface area contributed by atoms with E-state index in [0.29, 0.717) is 44.6 Å². The number of nitrogens with zero attached hydrogens (tertiary/aromatic N) is 1. The predicted octanol–water partition coefficient (Wildman–Crippen LogP) is 2.52. The molecule has 0 spiro atoms.